The van der Waals surface area contributed by atoms with Gasteiger partial charge in [-0.15, -0.1) is 0 Å². The van der Waals surface area contributed by atoms with Crippen LogP contribution in [0.1, 0.15) is 43.4 Å². The second kappa shape index (κ2) is 13.5. The van der Waals surface area contributed by atoms with E-state index in [-0.39, 0.29) is 34.1 Å². The van der Waals surface area contributed by atoms with Gasteiger partial charge in [0, 0.05) is 49.4 Å². The normalized spacial score (nSPS) is 20.8. The predicted octanol–water partition coefficient (Wildman–Crippen LogP) is 3.89. The van der Waals surface area contributed by atoms with Crippen LogP contribution in [0.3, 0.4) is 0 Å². The van der Waals surface area contributed by atoms with Crippen molar-refractivity contribution in [2.24, 2.45) is 0 Å². The average Bonchev–Trinajstić information content (AvgIpc) is 3.35. The maximum Gasteiger partial charge on any atom is 0.318 e. The molecule has 0 spiro atoms. The Kier molecular flexibility index (Phi) is 9.42. The fourth-order valence-electron chi connectivity index (χ4n) is 7.07. The Morgan fingerprint density at radius 1 is 0.979 bits per heavy atom. The lowest BCUT2D eigenvalue weighted by Crippen LogP contribution is -2.61. The predicted molar refractivity (Wildman–Crippen MR) is 177 cm³/mol. The molecule has 2 saturated heterocycles. The monoisotopic (exact) mass is 674 g/mol. The van der Waals surface area contributed by atoms with Crippen molar-refractivity contribution in [3.05, 3.63) is 89.2 Å². The Hall–Kier alpha value is -4.51. The number of benzene rings is 3. The van der Waals surface area contributed by atoms with Crippen molar-refractivity contribution < 1.29 is 27.1 Å². The van der Waals surface area contributed by atoms with Crippen LogP contribution in [0.4, 0.5) is 14.9 Å². The number of piperazine rings is 1. The Bertz CT molecular complexity index is 1840. The van der Waals surface area contributed by atoms with Crippen LogP contribution in [0, 0.1) is 17.1 Å². The molecular weight excluding hydrogens is 635 g/mol. The molecule has 3 aliphatic heterocycles. The summed E-state index contributed by atoms with van der Waals surface area (Å²) in [6.07, 6.45) is 2.12. The van der Waals surface area contributed by atoms with E-state index in [1.807, 2.05) is 0 Å². The molecule has 6 rings (SSSR count). The molecule has 3 aliphatic rings. The molecule has 3 amide bonds. The minimum Gasteiger partial charge on any atom is -0.493 e. The molecule has 3 aromatic carbocycles. The van der Waals surface area contributed by atoms with Gasteiger partial charge in [-0.3, -0.25) is 9.69 Å². The quantitative estimate of drug-likeness (QED) is 0.382. The number of halogens is 1. The van der Waals surface area contributed by atoms with E-state index in [2.05, 4.69) is 22.0 Å². The molecule has 3 heterocycles. The van der Waals surface area contributed by atoms with Gasteiger partial charge in [-0.1, -0.05) is 43.3 Å². The van der Waals surface area contributed by atoms with Gasteiger partial charge in [0.15, 0.2) is 5.54 Å². The number of urea groups is 1. The molecule has 1 N–H and O–H groups in total. The summed E-state index contributed by atoms with van der Waals surface area (Å²) in [7, 11) is -4.61. The highest BCUT2D eigenvalue weighted by atomic mass is 32.2. The van der Waals surface area contributed by atoms with Gasteiger partial charge in [0.25, 0.3) is 15.9 Å². The van der Waals surface area contributed by atoms with Crippen molar-refractivity contribution in [1.82, 2.24) is 20.0 Å². The SMILES string of the molecule is CCOc1ccccc1C1(NC(=O)N2CCN(C3CCN(CC)CC3)CC2)C(=O)N(S(=O)(=O)c2ccccc2)c2cc(F)c(C#N)cc21. The van der Waals surface area contributed by atoms with Crippen LogP contribution in [0.5, 0.6) is 5.75 Å². The number of rotatable bonds is 8. The second-order valence-corrected chi connectivity index (χ2v) is 13.9. The highest BCUT2D eigenvalue weighted by Gasteiger charge is 2.59. The minimum absolute atomic E-state index is 0.0493. The first-order valence-electron chi connectivity index (χ1n) is 16.3. The highest BCUT2D eigenvalue weighted by molar-refractivity contribution is 7.93. The highest BCUT2D eigenvalue weighted by Crippen LogP contribution is 2.50. The maximum absolute atomic E-state index is 15.3. The third-order valence-electron chi connectivity index (χ3n) is 9.62. The number of carbonyl (C=O) groups excluding carboxylic acids is 2. The summed E-state index contributed by atoms with van der Waals surface area (Å²) >= 11 is 0. The minimum atomic E-state index is -4.61. The number of fused-ring (bicyclic) bond motifs is 1. The summed E-state index contributed by atoms with van der Waals surface area (Å²) in [5.74, 6) is -1.82. The Morgan fingerprint density at radius 3 is 2.29 bits per heavy atom. The Labute approximate surface area is 280 Å². The van der Waals surface area contributed by atoms with Crippen LogP contribution < -0.4 is 14.4 Å². The van der Waals surface area contributed by atoms with Gasteiger partial charge in [-0.2, -0.15) is 9.57 Å². The van der Waals surface area contributed by atoms with Gasteiger partial charge in [0.2, 0.25) is 0 Å². The average molecular weight is 675 g/mol. The summed E-state index contributed by atoms with van der Waals surface area (Å²) < 4.78 is 50.1. The molecule has 0 bridgehead atoms. The van der Waals surface area contributed by atoms with E-state index >= 15 is 4.39 Å². The van der Waals surface area contributed by atoms with Gasteiger partial charge < -0.3 is 19.9 Å². The van der Waals surface area contributed by atoms with Crippen LogP contribution in [0.25, 0.3) is 0 Å². The lowest BCUT2D eigenvalue weighted by molar-refractivity contribution is -0.121. The third-order valence-corrected chi connectivity index (χ3v) is 11.3. The van der Waals surface area contributed by atoms with Gasteiger partial charge in [0.05, 0.1) is 22.8 Å². The molecule has 252 valence electrons. The molecule has 0 radical (unpaired) electrons. The molecule has 1 atom stereocenters. The van der Waals surface area contributed by atoms with E-state index in [4.69, 9.17) is 4.74 Å². The molecule has 11 nitrogen and oxygen atoms in total. The Balaban J connectivity index is 1.42. The van der Waals surface area contributed by atoms with Gasteiger partial charge in [0.1, 0.15) is 17.6 Å². The number of nitriles is 1. The number of carbonyl (C=O) groups is 2. The number of piperidine rings is 1. The number of para-hydroxylation sites is 1. The van der Waals surface area contributed by atoms with Crippen molar-refractivity contribution in [3.63, 3.8) is 0 Å². The zero-order valence-corrected chi connectivity index (χ0v) is 27.9. The molecule has 0 aromatic heterocycles. The first-order valence-corrected chi connectivity index (χ1v) is 17.7. The van der Waals surface area contributed by atoms with Gasteiger partial charge in [-0.05, 0) is 63.7 Å². The van der Waals surface area contributed by atoms with E-state index in [1.165, 1.54) is 24.3 Å². The third kappa shape index (κ3) is 5.78. The zero-order valence-electron chi connectivity index (χ0n) is 27.1. The molecule has 3 aromatic rings. The number of anilines is 1. The van der Waals surface area contributed by atoms with Crippen LogP contribution in [-0.4, -0.2) is 93.5 Å². The molecule has 13 heteroatoms. The van der Waals surface area contributed by atoms with E-state index in [9.17, 15) is 23.3 Å². The zero-order chi connectivity index (χ0) is 34.1. The van der Waals surface area contributed by atoms with Gasteiger partial charge in [-0.25, -0.2) is 17.6 Å². The lowest BCUT2D eigenvalue weighted by atomic mass is 9.82. The standard InChI is InChI=1S/C35H39FN6O5S/c1-3-39-16-14-26(15-17-39)40-18-20-41(21-19-40)34(44)38-35(28-12-8-9-13-32(28)47-4-2)29-22-25(24-37)30(36)23-31(29)42(33(35)43)48(45,46)27-10-6-5-7-11-27/h5-13,22-23,26H,3-4,14-21H2,1-2H3,(H,38,44). The number of amides is 3. The van der Waals surface area contributed by atoms with Crippen LogP contribution in [-0.2, 0) is 20.4 Å². The van der Waals surface area contributed by atoms with Crippen molar-refractivity contribution in [3.8, 4) is 11.8 Å². The first-order chi connectivity index (χ1) is 23.1. The molecular formula is C35H39FN6O5S. The smallest absolute Gasteiger partial charge is 0.318 e. The number of hydrogen-bond acceptors (Lipinski definition) is 8. The van der Waals surface area contributed by atoms with Gasteiger partial charge >= 0.3 is 6.03 Å². The summed E-state index contributed by atoms with van der Waals surface area (Å²) in [5, 5.41) is 12.7. The second-order valence-electron chi connectivity index (χ2n) is 12.1. The summed E-state index contributed by atoms with van der Waals surface area (Å²) in [5.41, 5.74) is -2.77. The molecule has 0 saturated carbocycles. The van der Waals surface area contributed by atoms with E-state index in [0.717, 1.165) is 44.6 Å². The lowest BCUT2D eigenvalue weighted by Gasteiger charge is -2.43. The number of hydrogen-bond donors (Lipinski definition) is 1. The largest absolute Gasteiger partial charge is 0.493 e. The fourth-order valence-corrected chi connectivity index (χ4v) is 8.54. The summed E-state index contributed by atoms with van der Waals surface area (Å²) in [4.78, 5) is 35.4. The number of sulfonamides is 1. The molecule has 1 unspecified atom stereocenters. The van der Waals surface area contributed by atoms with Crippen molar-refractivity contribution in [2.45, 2.75) is 43.2 Å². The Morgan fingerprint density at radius 2 is 1.65 bits per heavy atom. The fraction of sp³-hybridized carbons (Fsp3) is 0.400. The van der Waals surface area contributed by atoms with Crippen LogP contribution in [0.2, 0.25) is 0 Å². The molecule has 0 aliphatic carbocycles. The number of nitrogens with zero attached hydrogens (tertiary/aromatic N) is 5. The van der Waals surface area contributed by atoms with E-state index in [1.54, 1.807) is 48.2 Å². The van der Waals surface area contributed by atoms with Crippen LogP contribution >= 0.6 is 0 Å². The molecule has 2 fully saturated rings. The summed E-state index contributed by atoms with van der Waals surface area (Å²) in [6.45, 7) is 9.32. The molecule has 48 heavy (non-hydrogen) atoms. The van der Waals surface area contributed by atoms with E-state index in [0.29, 0.717) is 36.5 Å². The van der Waals surface area contributed by atoms with Crippen molar-refractivity contribution in [2.75, 3.05) is 56.7 Å². The van der Waals surface area contributed by atoms with Crippen LogP contribution in [0.15, 0.2) is 71.6 Å². The number of likely N-dealkylation sites (tertiary alicyclic amines) is 1. The number of ether oxygens (including phenoxy) is 1. The van der Waals surface area contributed by atoms with Crippen molar-refractivity contribution >= 4 is 27.6 Å². The number of nitrogens with one attached hydrogen (secondary N) is 1. The topological polar surface area (TPSA) is 126 Å². The van der Waals surface area contributed by atoms with Crippen molar-refractivity contribution in [1.29, 1.82) is 5.26 Å². The summed E-state index contributed by atoms with van der Waals surface area (Å²) in [6, 6.07) is 17.5. The maximum atomic E-state index is 15.3. The van der Waals surface area contributed by atoms with E-state index < -0.39 is 38.9 Å². The first kappa shape index (κ1) is 33.4.